The van der Waals surface area contributed by atoms with E-state index in [1.165, 1.54) is 0 Å². The molecule has 18 heavy (non-hydrogen) atoms. The predicted octanol–water partition coefficient (Wildman–Crippen LogP) is 2.16. The lowest BCUT2D eigenvalue weighted by Gasteiger charge is -2.33. The maximum Gasteiger partial charge on any atom is 0.412 e. The van der Waals surface area contributed by atoms with E-state index in [2.05, 4.69) is 17.6 Å². The molecule has 0 spiro atoms. The van der Waals surface area contributed by atoms with Crippen molar-refractivity contribution in [3.05, 3.63) is 30.3 Å². The van der Waals surface area contributed by atoms with Crippen LogP contribution in [0.4, 0.5) is 4.79 Å². The number of piperidine rings is 1. The van der Waals surface area contributed by atoms with E-state index in [1.54, 1.807) is 12.1 Å². The molecule has 0 radical (unpaired) electrons. The molecule has 0 bridgehead atoms. The van der Waals surface area contributed by atoms with Crippen molar-refractivity contribution >= 4 is 6.09 Å². The second kappa shape index (κ2) is 5.87. The first-order chi connectivity index (χ1) is 8.68. The largest absolute Gasteiger partial charge is 0.412 e. The van der Waals surface area contributed by atoms with Crippen molar-refractivity contribution in [1.82, 2.24) is 10.6 Å². The van der Waals surface area contributed by atoms with Crippen LogP contribution in [0.15, 0.2) is 30.3 Å². The Bertz CT molecular complexity index is 386. The van der Waals surface area contributed by atoms with Gasteiger partial charge in [-0.25, -0.2) is 4.79 Å². The molecule has 4 heteroatoms. The number of para-hydroxylation sites is 1. The predicted molar refractivity (Wildman–Crippen MR) is 70.7 cm³/mol. The summed E-state index contributed by atoms with van der Waals surface area (Å²) in [6.45, 7) is 4.91. The molecule has 0 aromatic heterocycles. The number of amides is 1. The number of rotatable bonds is 3. The van der Waals surface area contributed by atoms with Gasteiger partial charge < -0.3 is 15.4 Å². The Morgan fingerprint density at radius 3 is 2.67 bits per heavy atom. The van der Waals surface area contributed by atoms with Gasteiger partial charge in [0.15, 0.2) is 0 Å². The fraction of sp³-hybridized carbons (Fsp3) is 0.500. The van der Waals surface area contributed by atoms with Crippen LogP contribution in [0.2, 0.25) is 0 Å². The zero-order valence-corrected chi connectivity index (χ0v) is 10.7. The van der Waals surface area contributed by atoms with E-state index in [0.717, 1.165) is 25.9 Å². The van der Waals surface area contributed by atoms with Crippen LogP contribution in [0.3, 0.4) is 0 Å². The summed E-state index contributed by atoms with van der Waals surface area (Å²) in [4.78, 5) is 11.6. The number of carbonyl (C=O) groups excluding carboxylic acids is 1. The van der Waals surface area contributed by atoms with Crippen LogP contribution in [-0.2, 0) is 0 Å². The van der Waals surface area contributed by atoms with Gasteiger partial charge in [-0.15, -0.1) is 0 Å². The summed E-state index contributed by atoms with van der Waals surface area (Å²) < 4.78 is 5.18. The van der Waals surface area contributed by atoms with Crippen molar-refractivity contribution in [2.45, 2.75) is 19.8 Å². The van der Waals surface area contributed by atoms with Crippen molar-refractivity contribution in [3.63, 3.8) is 0 Å². The number of hydrogen-bond donors (Lipinski definition) is 2. The lowest BCUT2D eigenvalue weighted by molar-refractivity contribution is 0.180. The molecule has 98 valence electrons. The molecule has 1 saturated heterocycles. The Morgan fingerprint density at radius 2 is 2.00 bits per heavy atom. The number of nitrogens with one attached hydrogen (secondary N) is 2. The molecular formula is C14H20N2O2. The lowest BCUT2D eigenvalue weighted by Crippen LogP contribution is -2.43. The normalized spacial score (nSPS) is 18.1. The van der Waals surface area contributed by atoms with Crippen molar-refractivity contribution in [2.24, 2.45) is 5.41 Å². The van der Waals surface area contributed by atoms with Crippen molar-refractivity contribution < 1.29 is 9.53 Å². The third-order valence-electron chi connectivity index (χ3n) is 3.42. The van der Waals surface area contributed by atoms with Gasteiger partial charge in [0.1, 0.15) is 5.75 Å². The van der Waals surface area contributed by atoms with Gasteiger partial charge in [0.2, 0.25) is 0 Å². The summed E-state index contributed by atoms with van der Waals surface area (Å²) in [6.07, 6.45) is 1.79. The van der Waals surface area contributed by atoms with E-state index in [4.69, 9.17) is 4.74 Å². The van der Waals surface area contributed by atoms with Gasteiger partial charge in [0.25, 0.3) is 0 Å². The van der Waals surface area contributed by atoms with E-state index in [-0.39, 0.29) is 11.5 Å². The molecular weight excluding hydrogens is 228 g/mol. The number of benzene rings is 1. The molecule has 1 aromatic rings. The van der Waals surface area contributed by atoms with Crippen LogP contribution in [0, 0.1) is 5.41 Å². The molecule has 2 N–H and O–H groups in total. The Hall–Kier alpha value is -1.55. The van der Waals surface area contributed by atoms with Crippen LogP contribution in [0.5, 0.6) is 5.75 Å². The first-order valence-corrected chi connectivity index (χ1v) is 6.39. The highest BCUT2D eigenvalue weighted by Crippen LogP contribution is 2.26. The van der Waals surface area contributed by atoms with Crippen LogP contribution in [0.1, 0.15) is 19.8 Å². The molecule has 1 fully saturated rings. The number of hydrogen-bond acceptors (Lipinski definition) is 3. The summed E-state index contributed by atoms with van der Waals surface area (Å²) in [5.41, 5.74) is 0.182. The van der Waals surface area contributed by atoms with E-state index in [1.807, 2.05) is 18.2 Å². The highest BCUT2D eigenvalue weighted by Gasteiger charge is 2.27. The summed E-state index contributed by atoms with van der Waals surface area (Å²) in [5.74, 6) is 0.575. The van der Waals surface area contributed by atoms with Gasteiger partial charge in [-0.2, -0.15) is 0 Å². The van der Waals surface area contributed by atoms with Crippen LogP contribution in [-0.4, -0.2) is 25.7 Å². The summed E-state index contributed by atoms with van der Waals surface area (Å²) in [6, 6.07) is 9.12. The fourth-order valence-electron chi connectivity index (χ4n) is 2.12. The summed E-state index contributed by atoms with van der Waals surface area (Å²) in [7, 11) is 0. The van der Waals surface area contributed by atoms with Gasteiger partial charge in [-0.3, -0.25) is 0 Å². The SMILES string of the molecule is CC1(CNC(=O)Oc2ccccc2)CCNCC1. The van der Waals surface area contributed by atoms with Gasteiger partial charge >= 0.3 is 6.09 Å². The van der Waals surface area contributed by atoms with E-state index < -0.39 is 0 Å². The zero-order valence-electron chi connectivity index (χ0n) is 10.7. The molecule has 2 rings (SSSR count). The quantitative estimate of drug-likeness (QED) is 0.862. The molecule has 1 aliphatic heterocycles. The van der Waals surface area contributed by atoms with E-state index >= 15 is 0 Å². The second-order valence-electron chi connectivity index (χ2n) is 5.12. The van der Waals surface area contributed by atoms with Gasteiger partial charge in [-0.1, -0.05) is 25.1 Å². The molecule has 0 unspecified atom stereocenters. The number of ether oxygens (including phenoxy) is 1. The molecule has 1 aromatic carbocycles. The van der Waals surface area contributed by atoms with Crippen molar-refractivity contribution in [2.75, 3.05) is 19.6 Å². The molecule has 0 saturated carbocycles. The van der Waals surface area contributed by atoms with Gasteiger partial charge in [0.05, 0.1) is 0 Å². The minimum absolute atomic E-state index is 0.182. The highest BCUT2D eigenvalue weighted by atomic mass is 16.6. The summed E-state index contributed by atoms with van der Waals surface area (Å²) in [5, 5.41) is 6.18. The zero-order chi connectivity index (χ0) is 12.8. The van der Waals surface area contributed by atoms with Crippen LogP contribution < -0.4 is 15.4 Å². The first-order valence-electron chi connectivity index (χ1n) is 6.39. The molecule has 0 aliphatic carbocycles. The highest BCUT2D eigenvalue weighted by molar-refractivity contribution is 5.70. The Balaban J connectivity index is 1.78. The van der Waals surface area contributed by atoms with E-state index in [9.17, 15) is 4.79 Å². The summed E-state index contributed by atoms with van der Waals surface area (Å²) >= 11 is 0. The topological polar surface area (TPSA) is 50.4 Å². The smallest absolute Gasteiger partial charge is 0.410 e. The maximum absolute atomic E-state index is 11.6. The van der Waals surface area contributed by atoms with E-state index in [0.29, 0.717) is 12.3 Å². The molecule has 1 heterocycles. The Kier molecular flexibility index (Phi) is 4.20. The molecule has 4 nitrogen and oxygen atoms in total. The standard InChI is InChI=1S/C14H20N2O2/c1-14(7-9-15-10-8-14)11-16-13(17)18-12-5-3-2-4-6-12/h2-6,15H,7-11H2,1H3,(H,16,17). The minimum atomic E-state index is -0.374. The van der Waals surface area contributed by atoms with Crippen LogP contribution >= 0.6 is 0 Å². The molecule has 0 atom stereocenters. The minimum Gasteiger partial charge on any atom is -0.410 e. The van der Waals surface area contributed by atoms with Gasteiger partial charge in [0, 0.05) is 6.54 Å². The molecule has 1 amide bonds. The monoisotopic (exact) mass is 248 g/mol. The first kappa shape index (κ1) is 12.9. The second-order valence-corrected chi connectivity index (χ2v) is 5.12. The van der Waals surface area contributed by atoms with Gasteiger partial charge in [-0.05, 0) is 43.5 Å². The third kappa shape index (κ3) is 3.74. The lowest BCUT2D eigenvalue weighted by atomic mass is 9.81. The Morgan fingerprint density at radius 1 is 1.33 bits per heavy atom. The average Bonchev–Trinajstić information content (AvgIpc) is 2.39. The van der Waals surface area contributed by atoms with Crippen molar-refractivity contribution in [3.8, 4) is 5.75 Å². The number of carbonyl (C=O) groups is 1. The average molecular weight is 248 g/mol. The third-order valence-corrected chi connectivity index (χ3v) is 3.42. The fourth-order valence-corrected chi connectivity index (χ4v) is 2.12. The van der Waals surface area contributed by atoms with Crippen molar-refractivity contribution in [1.29, 1.82) is 0 Å². The maximum atomic E-state index is 11.6. The molecule has 1 aliphatic rings. The Labute approximate surface area is 108 Å². The van der Waals surface area contributed by atoms with Crippen LogP contribution in [0.25, 0.3) is 0 Å².